The van der Waals surface area contributed by atoms with E-state index in [1.807, 2.05) is 0 Å². The molecule has 176 valence electrons. The summed E-state index contributed by atoms with van der Waals surface area (Å²) in [7, 11) is -2.42. The molecule has 0 radical (unpaired) electrons. The first-order valence-electron chi connectivity index (χ1n) is 9.21. The van der Waals surface area contributed by atoms with Gasteiger partial charge in [-0.2, -0.15) is 17.7 Å². The van der Waals surface area contributed by atoms with Crippen LogP contribution in [0.15, 0.2) is 4.34 Å². The van der Waals surface area contributed by atoms with E-state index >= 15 is 0 Å². The monoisotopic (exact) mass is 480 g/mol. The maximum absolute atomic E-state index is 13.1. The molecule has 30 heavy (non-hydrogen) atoms. The molecule has 0 fully saturated rings. The van der Waals surface area contributed by atoms with Crippen LogP contribution in [-0.4, -0.2) is 81.0 Å². The molecule has 0 aliphatic rings. The number of alkyl halides is 3. The molecule has 8 nitrogen and oxygen atoms in total. The van der Waals surface area contributed by atoms with Gasteiger partial charge in [0.2, 0.25) is 0 Å². The molecule has 0 aliphatic carbocycles. The number of methoxy groups -OCH3 is 2. The number of hydrogen-bond acceptors (Lipinski definition) is 8. The number of hydrogen-bond donors (Lipinski definition) is 0. The summed E-state index contributed by atoms with van der Waals surface area (Å²) in [5.41, 5.74) is -4.94. The molecular weight excluding hydrogens is 451 g/mol. The minimum atomic E-state index is -5.48. The molecule has 1 aromatic rings. The van der Waals surface area contributed by atoms with E-state index in [0.717, 1.165) is 4.57 Å². The minimum absolute atomic E-state index is 0.0229. The average molecular weight is 481 g/mol. The fourth-order valence-corrected chi connectivity index (χ4v) is 5.07. The van der Waals surface area contributed by atoms with Crippen LogP contribution in [0.1, 0.15) is 10.6 Å². The molecule has 0 N–H and O–H groups in total. The van der Waals surface area contributed by atoms with E-state index in [1.165, 1.54) is 7.11 Å². The van der Waals surface area contributed by atoms with Gasteiger partial charge in [0.1, 0.15) is 6.61 Å². The normalized spacial score (nSPS) is 12.6. The number of aromatic nitrogens is 1. The van der Waals surface area contributed by atoms with Gasteiger partial charge in [0.15, 0.2) is 12.2 Å². The van der Waals surface area contributed by atoms with Crippen molar-refractivity contribution in [1.82, 2.24) is 0 Å². The highest BCUT2D eigenvalue weighted by atomic mass is 32.2. The van der Waals surface area contributed by atoms with E-state index in [1.54, 1.807) is 14.0 Å². The van der Waals surface area contributed by atoms with Gasteiger partial charge in [-0.15, -0.1) is 0 Å². The summed E-state index contributed by atoms with van der Waals surface area (Å²) in [5.74, 6) is 0. The lowest BCUT2D eigenvalue weighted by molar-refractivity contribution is -0.734. The Morgan fingerprint density at radius 2 is 1.37 bits per heavy atom. The van der Waals surface area contributed by atoms with Crippen molar-refractivity contribution in [2.24, 2.45) is 0 Å². The Bertz CT molecular complexity index is 724. The van der Waals surface area contributed by atoms with E-state index in [4.69, 9.17) is 23.7 Å². The lowest BCUT2D eigenvalue weighted by Gasteiger charge is -2.06. The first-order valence-corrected chi connectivity index (χ1v) is 11.5. The van der Waals surface area contributed by atoms with Gasteiger partial charge in [-0.25, -0.2) is 8.42 Å². The molecule has 0 bridgehead atoms. The largest absolute Gasteiger partial charge is 0.508 e. The molecule has 0 aromatic carbocycles. The van der Waals surface area contributed by atoms with E-state index < -0.39 is 19.7 Å². The van der Waals surface area contributed by atoms with E-state index in [9.17, 15) is 21.6 Å². The Hall–Kier alpha value is -0.830. The zero-order chi connectivity index (χ0) is 22.6. The molecule has 0 saturated carbocycles. The topological polar surface area (TPSA) is 84.2 Å². The molecule has 0 unspecified atom stereocenters. The summed E-state index contributed by atoms with van der Waals surface area (Å²) in [4.78, 5) is 0.509. The van der Waals surface area contributed by atoms with Crippen LogP contribution in [0.3, 0.4) is 0 Å². The van der Waals surface area contributed by atoms with Crippen LogP contribution >= 0.6 is 11.3 Å². The second-order valence-corrected chi connectivity index (χ2v) is 9.25. The summed E-state index contributed by atoms with van der Waals surface area (Å²) < 4.78 is 89.4. The second-order valence-electron chi connectivity index (χ2n) is 6.05. The number of nitrogens with zero attached hydrogens (tertiary/aromatic N) is 1. The van der Waals surface area contributed by atoms with Gasteiger partial charge < -0.3 is 23.7 Å². The lowest BCUT2D eigenvalue weighted by atomic mass is 10.3. The fraction of sp³-hybridized carbons (Fsp3) is 0.824. The summed E-state index contributed by atoms with van der Waals surface area (Å²) in [6.07, 6.45) is 0.284. The van der Waals surface area contributed by atoms with Crippen LogP contribution in [0.5, 0.6) is 0 Å². The van der Waals surface area contributed by atoms with Gasteiger partial charge in [0.25, 0.3) is 0 Å². The van der Waals surface area contributed by atoms with E-state index in [0.29, 0.717) is 54.9 Å². The van der Waals surface area contributed by atoms with Crippen LogP contribution in [0.4, 0.5) is 13.2 Å². The Morgan fingerprint density at radius 3 is 1.90 bits per heavy atom. The molecular formula is C17H29F3NO7S2+. The highest BCUT2D eigenvalue weighted by Crippen LogP contribution is 2.33. The van der Waals surface area contributed by atoms with Crippen molar-refractivity contribution in [2.75, 3.05) is 67.1 Å². The smallest absolute Gasteiger partial charge is 0.382 e. The van der Waals surface area contributed by atoms with Gasteiger partial charge in [-0.3, -0.25) is 0 Å². The molecule has 13 heteroatoms. The number of rotatable bonds is 16. The van der Waals surface area contributed by atoms with Gasteiger partial charge in [-0.05, 0) is 0 Å². The van der Waals surface area contributed by atoms with Crippen LogP contribution in [-0.2, 0) is 46.5 Å². The quantitative estimate of drug-likeness (QED) is 0.262. The highest BCUT2D eigenvalue weighted by molar-refractivity contribution is 7.94. The van der Waals surface area contributed by atoms with Crippen LogP contribution in [0.25, 0.3) is 0 Å². The third kappa shape index (κ3) is 8.36. The van der Waals surface area contributed by atoms with Crippen LogP contribution in [0, 0.1) is 6.92 Å². The Kier molecular flexibility index (Phi) is 12.3. The molecule has 1 heterocycles. The number of sulfone groups is 1. The van der Waals surface area contributed by atoms with Gasteiger partial charge in [0.05, 0.1) is 51.1 Å². The molecule has 0 aliphatic heterocycles. The summed E-state index contributed by atoms with van der Waals surface area (Å²) >= 11 is 0.610. The Morgan fingerprint density at radius 1 is 0.867 bits per heavy atom. The number of thiazole rings is 1. The number of halogens is 3. The fourth-order valence-electron chi connectivity index (χ4n) is 2.34. The van der Waals surface area contributed by atoms with Crippen LogP contribution in [0.2, 0.25) is 0 Å². The first kappa shape index (κ1) is 27.2. The molecule has 0 amide bonds. The molecule has 0 atom stereocenters. The maximum Gasteiger partial charge on any atom is 0.508 e. The maximum atomic E-state index is 13.1. The molecule has 0 saturated heterocycles. The lowest BCUT2D eigenvalue weighted by Crippen LogP contribution is -2.44. The predicted octanol–water partition coefficient (Wildman–Crippen LogP) is 1.52. The standard InChI is InChI=1S/C17H29F3NO7S2/c1-14-15(4-6-26-12-13-28-11-9-25-3)29-16(30(22,23)17(18,19)20)21(14)5-7-27-10-8-24-2/h4-13H2,1-3H3/q+1. The third-order valence-electron chi connectivity index (χ3n) is 3.94. The first-order chi connectivity index (χ1) is 14.2. The van der Waals surface area contributed by atoms with Crippen molar-refractivity contribution in [2.45, 2.75) is 29.7 Å². The zero-order valence-electron chi connectivity index (χ0n) is 17.3. The molecule has 0 spiro atoms. The van der Waals surface area contributed by atoms with Gasteiger partial charge in [0, 0.05) is 27.6 Å². The van der Waals surface area contributed by atoms with Crippen LogP contribution < -0.4 is 4.57 Å². The van der Waals surface area contributed by atoms with Crippen molar-refractivity contribution >= 4 is 21.2 Å². The van der Waals surface area contributed by atoms with Crippen molar-refractivity contribution in [3.63, 3.8) is 0 Å². The van der Waals surface area contributed by atoms with Crippen molar-refractivity contribution in [1.29, 1.82) is 0 Å². The van der Waals surface area contributed by atoms with Gasteiger partial charge >= 0.3 is 19.7 Å². The van der Waals surface area contributed by atoms with Crippen molar-refractivity contribution in [3.05, 3.63) is 10.6 Å². The highest BCUT2D eigenvalue weighted by Gasteiger charge is 2.54. The van der Waals surface area contributed by atoms with E-state index in [2.05, 4.69) is 0 Å². The summed E-state index contributed by atoms with van der Waals surface area (Å²) in [6, 6.07) is 0. The molecule has 1 aromatic heterocycles. The summed E-state index contributed by atoms with van der Waals surface area (Å²) in [6.45, 7) is 4.03. The SMILES string of the molecule is COCCOCCOCCc1sc(S(=O)(=O)C(F)(F)F)[n+](CCOCCOC)c1C. The second kappa shape index (κ2) is 13.6. The minimum Gasteiger partial charge on any atom is -0.382 e. The van der Waals surface area contributed by atoms with Crippen molar-refractivity contribution in [3.8, 4) is 0 Å². The van der Waals surface area contributed by atoms with E-state index in [-0.39, 0.29) is 32.8 Å². The number of ether oxygens (including phenoxy) is 5. The summed E-state index contributed by atoms with van der Waals surface area (Å²) in [5, 5.41) is 0. The average Bonchev–Trinajstić information content (AvgIpc) is 2.99. The third-order valence-corrected chi connectivity index (χ3v) is 7.28. The van der Waals surface area contributed by atoms with Crippen molar-refractivity contribution < 1.29 is 49.8 Å². The Labute approximate surface area is 178 Å². The zero-order valence-corrected chi connectivity index (χ0v) is 19.0. The predicted molar refractivity (Wildman–Crippen MR) is 102 cm³/mol. The Balaban J connectivity index is 2.79. The molecule has 1 rings (SSSR count). The van der Waals surface area contributed by atoms with Gasteiger partial charge in [-0.1, -0.05) is 11.3 Å².